The zero-order valence-electron chi connectivity index (χ0n) is 8.08. The van der Waals surface area contributed by atoms with E-state index in [1.165, 1.54) is 9.59 Å². The molecule has 0 aliphatic heterocycles. The number of rotatable bonds is 2. The van der Waals surface area contributed by atoms with Crippen molar-refractivity contribution >= 4 is 0 Å². The molecule has 0 unspecified atom stereocenters. The molecular formula is C6H9N8. The van der Waals surface area contributed by atoms with Crippen molar-refractivity contribution in [3.05, 3.63) is 17.8 Å². The maximum atomic E-state index is 4.03. The molecule has 8 heteroatoms. The molecule has 2 heterocycles. The first-order valence-corrected chi connectivity index (χ1v) is 4.04. The van der Waals surface area contributed by atoms with Gasteiger partial charge >= 0.3 is 0 Å². The van der Waals surface area contributed by atoms with Crippen LogP contribution < -0.4 is 0 Å². The highest BCUT2D eigenvalue weighted by atomic mass is 15.7. The molecule has 2 aromatic rings. The molecule has 2 rings (SSSR count). The van der Waals surface area contributed by atoms with Crippen molar-refractivity contribution < 1.29 is 0 Å². The third kappa shape index (κ3) is 1.45. The summed E-state index contributed by atoms with van der Waals surface area (Å²) in [4.78, 5) is 2.72. The Labute approximate surface area is 79.9 Å². The van der Waals surface area contributed by atoms with Crippen LogP contribution in [0.4, 0.5) is 0 Å². The van der Waals surface area contributed by atoms with Gasteiger partial charge in [-0.1, -0.05) is 0 Å². The molecule has 0 N–H and O–H groups in total. The van der Waals surface area contributed by atoms with Crippen molar-refractivity contribution in [1.29, 1.82) is 0 Å². The Bertz CT molecular complexity index is 388. The second-order valence-electron chi connectivity index (χ2n) is 2.80. The van der Waals surface area contributed by atoms with Gasteiger partial charge in [0.05, 0.1) is 0 Å². The molecule has 0 aliphatic carbocycles. The zero-order valence-corrected chi connectivity index (χ0v) is 8.08. The van der Waals surface area contributed by atoms with E-state index in [1.807, 2.05) is 0 Å². The van der Waals surface area contributed by atoms with Crippen LogP contribution in [0.3, 0.4) is 0 Å². The van der Waals surface area contributed by atoms with Crippen molar-refractivity contribution in [2.24, 2.45) is 0 Å². The minimum absolute atomic E-state index is 0.598. The lowest BCUT2D eigenvalue weighted by Crippen LogP contribution is -2.21. The first kappa shape index (κ1) is 8.73. The summed E-state index contributed by atoms with van der Waals surface area (Å²) in [6.45, 7) is 5.30. The topological polar surface area (TPSA) is 87.2 Å². The standard InChI is InChI=1S/C6H9N8/c1-4-7-11-13(9-4)6(3)14-10-5(2)8-12-14/h1-3H3. The fourth-order valence-electron chi connectivity index (χ4n) is 0.922. The van der Waals surface area contributed by atoms with Gasteiger partial charge in [-0.15, -0.1) is 30.0 Å². The van der Waals surface area contributed by atoms with Crippen molar-refractivity contribution in [2.45, 2.75) is 20.8 Å². The van der Waals surface area contributed by atoms with Gasteiger partial charge in [-0.2, -0.15) is 0 Å². The van der Waals surface area contributed by atoms with E-state index in [0.29, 0.717) is 17.8 Å². The van der Waals surface area contributed by atoms with Gasteiger partial charge in [0, 0.05) is 0 Å². The van der Waals surface area contributed by atoms with E-state index in [9.17, 15) is 0 Å². The van der Waals surface area contributed by atoms with E-state index in [4.69, 9.17) is 0 Å². The fraction of sp³-hybridized carbons (Fsp3) is 0.500. The minimum atomic E-state index is 0.598. The van der Waals surface area contributed by atoms with E-state index >= 15 is 0 Å². The maximum absolute atomic E-state index is 4.03. The molecule has 14 heavy (non-hydrogen) atoms. The summed E-state index contributed by atoms with van der Waals surface area (Å²) >= 11 is 0. The summed E-state index contributed by atoms with van der Waals surface area (Å²) in [6, 6.07) is 0. The highest BCUT2D eigenvalue weighted by molar-refractivity contribution is 4.83. The number of nitrogens with zero attached hydrogens (tertiary/aromatic N) is 8. The van der Waals surface area contributed by atoms with Gasteiger partial charge in [-0.05, 0) is 31.2 Å². The van der Waals surface area contributed by atoms with Gasteiger partial charge in [0.1, 0.15) is 0 Å². The van der Waals surface area contributed by atoms with Crippen LogP contribution >= 0.6 is 0 Å². The molecule has 1 radical (unpaired) electrons. The fourth-order valence-corrected chi connectivity index (χ4v) is 0.922. The second kappa shape index (κ2) is 3.13. The average Bonchev–Trinajstić information content (AvgIpc) is 2.73. The van der Waals surface area contributed by atoms with Gasteiger partial charge in [0.2, 0.25) is 6.17 Å². The highest BCUT2D eigenvalue weighted by Gasteiger charge is 2.14. The van der Waals surface area contributed by atoms with Crippen LogP contribution in [-0.2, 0) is 0 Å². The molecule has 73 valence electrons. The Hall–Kier alpha value is -1.86. The second-order valence-corrected chi connectivity index (χ2v) is 2.80. The van der Waals surface area contributed by atoms with Crippen LogP contribution in [0, 0.1) is 20.0 Å². The molecule has 0 saturated heterocycles. The Balaban J connectivity index is 2.28. The molecule has 8 nitrogen and oxygen atoms in total. The Morgan fingerprint density at radius 2 is 1.36 bits per heavy atom. The summed E-state index contributed by atoms with van der Waals surface area (Å²) < 4.78 is 0. The largest absolute Gasteiger partial charge is 0.241 e. The molecule has 0 spiro atoms. The molecule has 0 aliphatic rings. The summed E-state index contributed by atoms with van der Waals surface area (Å²) in [5.41, 5.74) is 0. The Kier molecular flexibility index (Phi) is 1.95. The normalized spacial score (nSPS) is 11.1. The van der Waals surface area contributed by atoms with Crippen LogP contribution in [0.25, 0.3) is 0 Å². The quantitative estimate of drug-likeness (QED) is 0.619. The van der Waals surface area contributed by atoms with Crippen LogP contribution in [-0.4, -0.2) is 40.4 Å². The number of aromatic nitrogens is 8. The molecule has 0 aromatic carbocycles. The van der Waals surface area contributed by atoms with Crippen molar-refractivity contribution in [3.8, 4) is 0 Å². The van der Waals surface area contributed by atoms with Crippen LogP contribution in [0.2, 0.25) is 0 Å². The lowest BCUT2D eigenvalue weighted by molar-refractivity contribution is 0.453. The van der Waals surface area contributed by atoms with Crippen molar-refractivity contribution in [2.75, 3.05) is 0 Å². The van der Waals surface area contributed by atoms with Crippen molar-refractivity contribution in [3.63, 3.8) is 0 Å². The van der Waals surface area contributed by atoms with Gasteiger partial charge < -0.3 is 0 Å². The van der Waals surface area contributed by atoms with Gasteiger partial charge in [-0.3, -0.25) is 0 Å². The number of tetrazole rings is 2. The maximum Gasteiger partial charge on any atom is 0.241 e. The van der Waals surface area contributed by atoms with Gasteiger partial charge in [0.15, 0.2) is 11.6 Å². The summed E-state index contributed by atoms with van der Waals surface area (Å²) in [7, 11) is 0. The molecule has 0 atom stereocenters. The SMILES string of the molecule is C[C](n1nnc(C)n1)n1nnc(C)n1. The molecule has 0 bridgehead atoms. The third-order valence-electron chi connectivity index (χ3n) is 1.61. The average molecular weight is 193 g/mol. The lowest BCUT2D eigenvalue weighted by Gasteiger charge is -2.04. The number of hydrogen-bond donors (Lipinski definition) is 0. The van der Waals surface area contributed by atoms with Gasteiger partial charge in [-0.25, -0.2) is 0 Å². The summed E-state index contributed by atoms with van der Waals surface area (Å²) in [6.07, 6.45) is 0.631. The van der Waals surface area contributed by atoms with E-state index in [2.05, 4.69) is 30.8 Å². The predicted molar refractivity (Wildman–Crippen MR) is 44.8 cm³/mol. The Morgan fingerprint density at radius 3 is 1.64 bits per heavy atom. The third-order valence-corrected chi connectivity index (χ3v) is 1.61. The first-order chi connectivity index (χ1) is 6.66. The van der Waals surface area contributed by atoms with E-state index in [-0.39, 0.29) is 0 Å². The molecule has 0 amide bonds. The molecular weight excluding hydrogens is 184 g/mol. The lowest BCUT2D eigenvalue weighted by atomic mass is 10.6. The van der Waals surface area contributed by atoms with E-state index < -0.39 is 0 Å². The number of hydrogen-bond acceptors (Lipinski definition) is 6. The van der Waals surface area contributed by atoms with Crippen LogP contribution in [0.1, 0.15) is 18.6 Å². The number of aryl methyl sites for hydroxylation is 2. The Morgan fingerprint density at radius 1 is 0.929 bits per heavy atom. The zero-order chi connectivity index (χ0) is 10.1. The van der Waals surface area contributed by atoms with Gasteiger partial charge in [0.25, 0.3) is 0 Å². The molecule has 2 aromatic heterocycles. The minimum Gasteiger partial charge on any atom is -0.134 e. The van der Waals surface area contributed by atoms with E-state index in [0.717, 1.165) is 0 Å². The predicted octanol–water partition coefficient (Wildman–Crippen LogP) is -0.818. The smallest absolute Gasteiger partial charge is 0.134 e. The monoisotopic (exact) mass is 193 g/mol. The van der Waals surface area contributed by atoms with Crippen LogP contribution in [0.5, 0.6) is 0 Å². The van der Waals surface area contributed by atoms with E-state index in [1.54, 1.807) is 20.8 Å². The molecule has 0 saturated carbocycles. The summed E-state index contributed by atoms with van der Waals surface area (Å²) in [5.74, 6) is 1.20. The highest BCUT2D eigenvalue weighted by Crippen LogP contribution is 2.00. The van der Waals surface area contributed by atoms with Crippen LogP contribution in [0.15, 0.2) is 0 Å². The van der Waals surface area contributed by atoms with Crippen molar-refractivity contribution in [1.82, 2.24) is 40.4 Å². The summed E-state index contributed by atoms with van der Waals surface area (Å²) in [5, 5.41) is 23.2. The molecule has 0 fully saturated rings. The first-order valence-electron chi connectivity index (χ1n) is 4.04.